The molecule has 0 aliphatic heterocycles. The van der Waals surface area contributed by atoms with Gasteiger partial charge in [0.25, 0.3) is 5.91 Å². The summed E-state index contributed by atoms with van der Waals surface area (Å²) in [6.45, 7) is -0.522. The lowest BCUT2D eigenvalue weighted by molar-refractivity contribution is -0.385. The number of halogens is 2. The molecule has 3 rings (SSSR count). The normalized spacial score (nSPS) is 10.6. The van der Waals surface area contributed by atoms with Crippen LogP contribution in [0, 0.1) is 15.9 Å². The molecule has 160 valence electrons. The second-order valence-electron chi connectivity index (χ2n) is 5.62. The monoisotopic (exact) mass is 494 g/mol. The number of hydrogen-bond donors (Lipinski definition) is 2. The molecule has 0 atom stereocenters. The minimum atomic E-state index is -0.668. The molecule has 0 saturated carbocycles. The second-order valence-corrected chi connectivity index (χ2v) is 6.47. The number of aromatic nitrogens is 2. The minimum absolute atomic E-state index is 0.0288. The number of hydrogen-bond acceptors (Lipinski definition) is 10. The molecule has 0 saturated heterocycles. The average Bonchev–Trinajstić information content (AvgIpc) is 3.19. The first-order chi connectivity index (χ1) is 14.9. The second kappa shape index (κ2) is 10.1. The van der Waals surface area contributed by atoms with Crippen LogP contribution in [0.3, 0.4) is 0 Å². The fourth-order valence-corrected chi connectivity index (χ4v) is 2.50. The number of nitrogens with one attached hydrogen (secondary N) is 2. The highest BCUT2D eigenvalue weighted by molar-refractivity contribution is 9.10. The van der Waals surface area contributed by atoms with Gasteiger partial charge >= 0.3 is 5.69 Å². The van der Waals surface area contributed by atoms with Crippen molar-refractivity contribution in [2.75, 3.05) is 17.4 Å². The standard InChI is InChI=1S/C17H12BrFN6O6/c18-11-7-10(5-6-12(11)19)22-30-20-8-13-17(24-31-23-13)21-16(26)9-29-15-4-2-1-3-14(15)25(27)28/h1-8,22H,9H2,(H,21,24,26)/b20-8+. The Kier molecular flexibility index (Phi) is 7.05. The molecule has 31 heavy (non-hydrogen) atoms. The molecule has 2 aromatic carbocycles. The lowest BCUT2D eigenvalue weighted by Crippen LogP contribution is -2.21. The average molecular weight is 495 g/mol. The van der Waals surface area contributed by atoms with E-state index in [1.54, 1.807) is 0 Å². The van der Waals surface area contributed by atoms with Crippen molar-refractivity contribution in [3.05, 3.63) is 68.6 Å². The summed E-state index contributed by atoms with van der Waals surface area (Å²) in [5, 5.41) is 24.0. The number of nitro groups is 1. The number of benzene rings is 2. The Bertz CT molecular complexity index is 1120. The Hall–Kier alpha value is -4.07. The van der Waals surface area contributed by atoms with Crippen molar-refractivity contribution in [2.45, 2.75) is 0 Å². The minimum Gasteiger partial charge on any atom is -0.477 e. The van der Waals surface area contributed by atoms with Crippen LogP contribution >= 0.6 is 15.9 Å². The molecular weight excluding hydrogens is 483 g/mol. The fourth-order valence-electron chi connectivity index (χ4n) is 2.12. The van der Waals surface area contributed by atoms with Gasteiger partial charge in [0.05, 0.1) is 15.1 Å². The summed E-state index contributed by atoms with van der Waals surface area (Å²) < 4.78 is 23.1. The van der Waals surface area contributed by atoms with Crippen molar-refractivity contribution in [3.8, 4) is 5.75 Å². The third-order valence-corrected chi connectivity index (χ3v) is 4.11. The first-order valence-corrected chi connectivity index (χ1v) is 9.12. The Balaban J connectivity index is 1.52. The molecule has 0 spiro atoms. The van der Waals surface area contributed by atoms with Gasteiger partial charge in [0.15, 0.2) is 18.1 Å². The van der Waals surface area contributed by atoms with Gasteiger partial charge in [0, 0.05) is 6.07 Å². The van der Waals surface area contributed by atoms with Crippen LogP contribution in [0.5, 0.6) is 5.75 Å². The Labute approximate surface area is 181 Å². The molecule has 1 heterocycles. The number of para-hydroxylation sites is 2. The number of nitro benzene ring substituents is 1. The molecule has 0 bridgehead atoms. The van der Waals surface area contributed by atoms with Gasteiger partial charge in [-0.3, -0.25) is 19.8 Å². The van der Waals surface area contributed by atoms with Crippen molar-refractivity contribution >= 4 is 45.2 Å². The Morgan fingerprint density at radius 1 is 1.32 bits per heavy atom. The smallest absolute Gasteiger partial charge is 0.310 e. The molecule has 1 aromatic heterocycles. The van der Waals surface area contributed by atoms with Gasteiger partial charge in [0.1, 0.15) is 12.0 Å². The number of nitrogens with zero attached hydrogens (tertiary/aromatic N) is 4. The van der Waals surface area contributed by atoms with E-state index >= 15 is 0 Å². The predicted molar refractivity (Wildman–Crippen MR) is 108 cm³/mol. The summed E-state index contributed by atoms with van der Waals surface area (Å²) in [5.41, 5.74) is 2.63. The fraction of sp³-hybridized carbons (Fsp3) is 0.0588. The zero-order chi connectivity index (χ0) is 22.2. The summed E-state index contributed by atoms with van der Waals surface area (Å²) in [5.74, 6) is -1.24. The van der Waals surface area contributed by atoms with Crippen molar-refractivity contribution < 1.29 is 28.4 Å². The van der Waals surface area contributed by atoms with Crippen LogP contribution in [0.1, 0.15) is 5.69 Å². The molecule has 3 aromatic rings. The topological polar surface area (TPSA) is 154 Å². The van der Waals surface area contributed by atoms with E-state index in [-0.39, 0.29) is 27.4 Å². The molecule has 2 N–H and O–H groups in total. The summed E-state index contributed by atoms with van der Waals surface area (Å²) in [6, 6.07) is 9.72. The van der Waals surface area contributed by atoms with E-state index in [0.717, 1.165) is 6.21 Å². The zero-order valence-corrected chi connectivity index (χ0v) is 16.9. The SMILES string of the molecule is O=C(COc1ccccc1[N+](=O)[O-])Nc1nonc1/C=N/ONc1ccc(F)c(Br)c1. The first kappa shape index (κ1) is 21.6. The van der Waals surface area contributed by atoms with E-state index in [1.165, 1.54) is 42.5 Å². The predicted octanol–water partition coefficient (Wildman–Crippen LogP) is 3.27. The lowest BCUT2D eigenvalue weighted by atomic mass is 10.3. The molecule has 12 nitrogen and oxygen atoms in total. The van der Waals surface area contributed by atoms with Crippen molar-refractivity contribution in [1.29, 1.82) is 0 Å². The van der Waals surface area contributed by atoms with E-state index in [2.05, 4.69) is 46.8 Å². The van der Waals surface area contributed by atoms with Gasteiger partial charge in [-0.1, -0.05) is 17.3 Å². The summed E-state index contributed by atoms with van der Waals surface area (Å²) in [6.07, 6.45) is 1.10. The summed E-state index contributed by atoms with van der Waals surface area (Å²) >= 11 is 3.03. The number of amides is 1. The van der Waals surface area contributed by atoms with Crippen LogP contribution in [-0.2, 0) is 9.73 Å². The van der Waals surface area contributed by atoms with Crippen LogP contribution in [0.15, 0.2) is 56.7 Å². The van der Waals surface area contributed by atoms with E-state index in [9.17, 15) is 19.3 Å². The van der Waals surface area contributed by atoms with Gasteiger partial charge in [-0.05, 0) is 50.5 Å². The largest absolute Gasteiger partial charge is 0.477 e. The number of ether oxygens (including phenoxy) is 1. The number of rotatable bonds is 9. The van der Waals surface area contributed by atoms with E-state index in [4.69, 9.17) is 9.68 Å². The third kappa shape index (κ3) is 5.96. The highest BCUT2D eigenvalue weighted by atomic mass is 79.9. The maximum Gasteiger partial charge on any atom is 0.310 e. The van der Waals surface area contributed by atoms with E-state index in [1.807, 2.05) is 0 Å². The molecule has 0 unspecified atom stereocenters. The number of anilines is 2. The zero-order valence-electron chi connectivity index (χ0n) is 15.3. The third-order valence-electron chi connectivity index (χ3n) is 3.50. The van der Waals surface area contributed by atoms with Crippen molar-refractivity contribution in [2.24, 2.45) is 5.16 Å². The maximum atomic E-state index is 13.2. The number of oxime groups is 1. The van der Waals surface area contributed by atoms with Crippen LogP contribution in [0.2, 0.25) is 0 Å². The van der Waals surface area contributed by atoms with E-state index < -0.39 is 23.3 Å². The highest BCUT2D eigenvalue weighted by Gasteiger charge is 2.17. The number of carbonyl (C=O) groups is 1. The highest BCUT2D eigenvalue weighted by Crippen LogP contribution is 2.25. The molecule has 0 radical (unpaired) electrons. The van der Waals surface area contributed by atoms with Crippen molar-refractivity contribution in [3.63, 3.8) is 0 Å². The lowest BCUT2D eigenvalue weighted by Gasteiger charge is -2.06. The van der Waals surface area contributed by atoms with Gasteiger partial charge in [-0.25, -0.2) is 9.02 Å². The van der Waals surface area contributed by atoms with Gasteiger partial charge < -0.3 is 10.1 Å². The quantitative estimate of drug-likeness (QED) is 0.259. The molecule has 0 aliphatic rings. The maximum absolute atomic E-state index is 13.2. The molecule has 0 fully saturated rings. The van der Waals surface area contributed by atoms with Gasteiger partial charge in [0.2, 0.25) is 5.82 Å². The molecule has 1 amide bonds. The number of carbonyl (C=O) groups excluding carboxylic acids is 1. The van der Waals surface area contributed by atoms with Crippen LogP contribution < -0.4 is 15.5 Å². The summed E-state index contributed by atoms with van der Waals surface area (Å²) in [7, 11) is 0. The molecule has 0 aliphatic carbocycles. The van der Waals surface area contributed by atoms with Gasteiger partial charge in [-0.2, -0.15) is 5.48 Å². The van der Waals surface area contributed by atoms with Crippen LogP contribution in [0.4, 0.5) is 21.6 Å². The first-order valence-electron chi connectivity index (χ1n) is 8.33. The Morgan fingerprint density at radius 2 is 2.13 bits per heavy atom. The van der Waals surface area contributed by atoms with E-state index in [0.29, 0.717) is 5.69 Å². The molecule has 14 heteroatoms. The Morgan fingerprint density at radius 3 is 2.90 bits per heavy atom. The van der Waals surface area contributed by atoms with Crippen LogP contribution in [0.25, 0.3) is 0 Å². The summed E-state index contributed by atoms with van der Waals surface area (Å²) in [4.78, 5) is 27.2. The van der Waals surface area contributed by atoms with Crippen molar-refractivity contribution in [1.82, 2.24) is 10.3 Å². The van der Waals surface area contributed by atoms with Crippen LogP contribution in [-0.4, -0.2) is 34.0 Å². The molecular formula is C17H12BrFN6O6. The van der Waals surface area contributed by atoms with Gasteiger partial charge in [-0.15, -0.1) is 0 Å².